The number of cyclic esters (lactones) is 1. The number of fused-ring (bicyclic) bond motifs is 1. The molecule has 3 aliphatic rings. The molecule has 3 rings (SSSR count). The lowest BCUT2D eigenvalue weighted by Crippen LogP contribution is -2.62. The van der Waals surface area contributed by atoms with Gasteiger partial charge in [0.15, 0.2) is 30.7 Å². The SMILES string of the molecule is CC1=C(C(=O)C2=C(C)[C@@H](O[Si](C)(C)C(C)(C)C)C[C@H]3[C@](C)(CO[Si](C)(C)C(C)(C)C)[C@@H](O[Si](C)(C)C(C)(C)C)CC[C@]23C)C(=O)OC(C)(C)O1. The van der Waals surface area contributed by atoms with Gasteiger partial charge in [-0.05, 0) is 99.0 Å². The lowest BCUT2D eigenvalue weighted by molar-refractivity contribution is -0.207. The summed E-state index contributed by atoms with van der Waals surface area (Å²) >= 11 is 0. The first-order valence-corrected chi connectivity index (χ1v) is 27.7. The van der Waals surface area contributed by atoms with Crippen molar-refractivity contribution in [3.8, 4) is 0 Å². The predicted molar refractivity (Wildman–Crippen MR) is 213 cm³/mol. The molecular weight excluding hydrogens is 677 g/mol. The van der Waals surface area contributed by atoms with Crippen LogP contribution in [0.1, 0.15) is 123 Å². The molecule has 10 heteroatoms. The molecule has 50 heavy (non-hydrogen) atoms. The van der Waals surface area contributed by atoms with Crippen molar-refractivity contribution in [3.63, 3.8) is 0 Å². The summed E-state index contributed by atoms with van der Waals surface area (Å²) in [5.41, 5.74) is 0.595. The summed E-state index contributed by atoms with van der Waals surface area (Å²) in [6.07, 6.45) is 1.96. The van der Waals surface area contributed by atoms with Crippen LogP contribution in [0.3, 0.4) is 0 Å². The molecule has 0 bridgehead atoms. The molecule has 1 fully saturated rings. The van der Waals surface area contributed by atoms with E-state index in [1.807, 2.05) is 0 Å². The average molecular weight is 751 g/mol. The predicted octanol–water partition coefficient (Wildman–Crippen LogP) is 11.1. The molecule has 0 aromatic rings. The van der Waals surface area contributed by atoms with Gasteiger partial charge < -0.3 is 22.8 Å². The van der Waals surface area contributed by atoms with Crippen molar-refractivity contribution >= 4 is 36.7 Å². The van der Waals surface area contributed by atoms with Gasteiger partial charge in [0.25, 0.3) is 0 Å². The fourth-order valence-electron chi connectivity index (χ4n) is 7.53. The van der Waals surface area contributed by atoms with Crippen molar-refractivity contribution in [2.75, 3.05) is 6.61 Å². The van der Waals surface area contributed by atoms with Crippen molar-refractivity contribution in [1.82, 2.24) is 0 Å². The van der Waals surface area contributed by atoms with Crippen LogP contribution >= 0.6 is 0 Å². The van der Waals surface area contributed by atoms with E-state index >= 15 is 4.79 Å². The van der Waals surface area contributed by atoms with E-state index in [1.165, 1.54) is 0 Å². The minimum Gasteiger partial charge on any atom is -0.456 e. The smallest absolute Gasteiger partial charge is 0.348 e. The second kappa shape index (κ2) is 13.4. The van der Waals surface area contributed by atoms with Crippen molar-refractivity contribution in [2.24, 2.45) is 16.7 Å². The molecule has 0 spiro atoms. The molecule has 7 nitrogen and oxygen atoms in total. The van der Waals surface area contributed by atoms with E-state index in [2.05, 4.69) is 122 Å². The minimum atomic E-state index is -2.29. The lowest BCUT2D eigenvalue weighted by atomic mass is 9.48. The zero-order valence-corrected chi connectivity index (χ0v) is 38.9. The van der Waals surface area contributed by atoms with E-state index in [-0.39, 0.29) is 44.6 Å². The molecule has 5 atom stereocenters. The quantitative estimate of drug-likeness (QED) is 0.132. The monoisotopic (exact) mass is 750 g/mol. The van der Waals surface area contributed by atoms with Crippen LogP contribution in [0.15, 0.2) is 22.5 Å². The van der Waals surface area contributed by atoms with Gasteiger partial charge in [-0.1, -0.05) is 76.2 Å². The van der Waals surface area contributed by atoms with Crippen LogP contribution in [0.25, 0.3) is 0 Å². The van der Waals surface area contributed by atoms with Gasteiger partial charge in [0.2, 0.25) is 5.79 Å². The number of ketones is 1. The van der Waals surface area contributed by atoms with Gasteiger partial charge in [-0.2, -0.15) is 0 Å². The molecule has 1 aliphatic heterocycles. The van der Waals surface area contributed by atoms with Crippen LogP contribution in [-0.2, 0) is 32.3 Å². The maximum absolute atomic E-state index is 15.1. The highest BCUT2D eigenvalue weighted by Gasteiger charge is 2.62. The van der Waals surface area contributed by atoms with Gasteiger partial charge in [-0.3, -0.25) is 4.79 Å². The first-order chi connectivity index (χ1) is 22.0. The van der Waals surface area contributed by atoms with Crippen molar-refractivity contribution < 1.29 is 32.3 Å². The van der Waals surface area contributed by atoms with E-state index in [1.54, 1.807) is 20.8 Å². The van der Waals surface area contributed by atoms with Gasteiger partial charge in [-0.15, -0.1) is 0 Å². The van der Waals surface area contributed by atoms with Crippen LogP contribution in [0.2, 0.25) is 54.4 Å². The Morgan fingerprint density at radius 2 is 1.26 bits per heavy atom. The maximum atomic E-state index is 15.1. The van der Waals surface area contributed by atoms with Gasteiger partial charge in [0.1, 0.15) is 11.3 Å². The van der Waals surface area contributed by atoms with Crippen LogP contribution in [-0.4, -0.2) is 61.3 Å². The second-order valence-electron chi connectivity index (χ2n) is 21.2. The molecule has 0 saturated heterocycles. The summed E-state index contributed by atoms with van der Waals surface area (Å²) in [5, 5.41) is 0.0415. The second-order valence-corrected chi connectivity index (χ2v) is 35.6. The van der Waals surface area contributed by atoms with Gasteiger partial charge in [0.05, 0.1) is 12.2 Å². The fraction of sp³-hybridized carbons (Fsp3) is 0.850. The Bertz CT molecular complexity index is 1400. The number of carbonyl (C=O) groups excluding carboxylic acids is 2. The highest BCUT2D eigenvalue weighted by atomic mass is 28.4. The number of carbonyl (C=O) groups is 2. The van der Waals surface area contributed by atoms with E-state index in [9.17, 15) is 4.79 Å². The fourth-order valence-corrected chi connectivity index (χ4v) is 11.4. The third-order valence-electron chi connectivity index (χ3n) is 13.9. The standard InChI is InChI=1S/C40H74O7Si3/c1-26-28(46-49(18,19)36(6,7)8)24-29-39(14,32(26)33(41)31-27(2)44-38(12,13)45-34(31)42)23-22-30(47-50(20,21)37(9,10)11)40(29,15)25-43-48(16,17)35(3,4)5/h28-30H,22-25H2,1-21H3/t28-,29+,30-,39-,40-/m0/s1. The summed E-state index contributed by atoms with van der Waals surface area (Å²) in [5.74, 6) is -1.77. The zero-order valence-electron chi connectivity index (χ0n) is 35.9. The molecule has 0 amide bonds. The summed E-state index contributed by atoms with van der Waals surface area (Å²) in [4.78, 5) is 28.7. The van der Waals surface area contributed by atoms with E-state index in [0.29, 0.717) is 17.9 Å². The molecule has 0 aromatic carbocycles. The summed E-state index contributed by atoms with van der Waals surface area (Å²) in [6, 6.07) is 0. The minimum absolute atomic E-state index is 0.00880. The Kier molecular flexibility index (Phi) is 11.6. The van der Waals surface area contributed by atoms with E-state index in [4.69, 9.17) is 22.8 Å². The Morgan fingerprint density at radius 1 is 0.780 bits per heavy atom. The Morgan fingerprint density at radius 3 is 1.72 bits per heavy atom. The van der Waals surface area contributed by atoms with Crippen molar-refractivity contribution in [2.45, 2.75) is 196 Å². The Hall–Kier alpha value is -1.05. The molecular formula is C40H74O7Si3. The largest absolute Gasteiger partial charge is 0.456 e. The topological polar surface area (TPSA) is 80.3 Å². The van der Waals surface area contributed by atoms with Crippen molar-refractivity contribution in [1.29, 1.82) is 0 Å². The number of hydrogen-bond donors (Lipinski definition) is 0. The van der Waals surface area contributed by atoms with Gasteiger partial charge in [0, 0.05) is 36.9 Å². The molecule has 288 valence electrons. The normalized spacial score (nSPS) is 30.2. The van der Waals surface area contributed by atoms with E-state index < -0.39 is 47.5 Å². The lowest BCUT2D eigenvalue weighted by Gasteiger charge is -2.61. The van der Waals surface area contributed by atoms with Crippen LogP contribution in [0, 0.1) is 16.7 Å². The zero-order chi connectivity index (χ0) is 39.1. The van der Waals surface area contributed by atoms with Crippen LogP contribution in [0.4, 0.5) is 0 Å². The first kappa shape index (κ1) is 43.4. The van der Waals surface area contributed by atoms with Gasteiger partial charge in [-0.25, -0.2) is 4.79 Å². The number of rotatable bonds is 9. The summed E-state index contributed by atoms with van der Waals surface area (Å²) < 4.78 is 33.6. The molecule has 0 N–H and O–H groups in total. The highest BCUT2D eigenvalue weighted by Crippen LogP contribution is 2.63. The molecule has 0 radical (unpaired) electrons. The number of Topliss-reactive ketones (excluding diaryl/α,β-unsaturated/α-hetero) is 1. The third kappa shape index (κ3) is 8.05. The molecule has 1 heterocycles. The number of ether oxygens (including phenoxy) is 2. The van der Waals surface area contributed by atoms with Crippen LogP contribution in [0.5, 0.6) is 0 Å². The first-order valence-electron chi connectivity index (χ1n) is 18.9. The molecule has 2 aliphatic carbocycles. The molecule has 0 aromatic heterocycles. The molecule has 1 saturated carbocycles. The van der Waals surface area contributed by atoms with Crippen molar-refractivity contribution in [3.05, 3.63) is 22.5 Å². The molecule has 0 unspecified atom stereocenters. The number of esters is 1. The number of allylic oxidation sites excluding steroid dienone is 2. The van der Waals surface area contributed by atoms with Gasteiger partial charge >= 0.3 is 5.97 Å². The number of hydrogen-bond acceptors (Lipinski definition) is 7. The van der Waals surface area contributed by atoms with Crippen LogP contribution < -0.4 is 0 Å². The maximum Gasteiger partial charge on any atom is 0.348 e. The summed E-state index contributed by atoms with van der Waals surface area (Å²) in [6.45, 7) is 46.7. The Labute approximate surface area is 309 Å². The van der Waals surface area contributed by atoms with E-state index in [0.717, 1.165) is 24.8 Å². The summed E-state index contributed by atoms with van der Waals surface area (Å²) in [7, 11) is -6.65. The highest BCUT2D eigenvalue weighted by molar-refractivity contribution is 6.75. The third-order valence-corrected chi connectivity index (χ3v) is 27.4. The Balaban J connectivity index is 2.33. The average Bonchev–Trinajstić information content (AvgIpc) is 2.87.